The van der Waals surface area contributed by atoms with E-state index in [2.05, 4.69) is 62.7 Å². The van der Waals surface area contributed by atoms with Gasteiger partial charge in [0.05, 0.1) is 0 Å². The van der Waals surface area contributed by atoms with E-state index < -0.39 is 0 Å². The second-order valence-corrected chi connectivity index (χ2v) is 6.32. The Morgan fingerprint density at radius 3 is 2.56 bits per heavy atom. The minimum atomic E-state index is 0.370. The molecule has 2 unspecified atom stereocenters. The summed E-state index contributed by atoms with van der Waals surface area (Å²) in [6, 6.07) is 0.506. The molecule has 104 valence electrons. The molecule has 0 saturated carbocycles. The van der Waals surface area contributed by atoms with Crippen LogP contribution in [0.3, 0.4) is 0 Å². The lowest BCUT2D eigenvalue weighted by atomic mass is 9.78. The van der Waals surface area contributed by atoms with Crippen LogP contribution in [0.5, 0.6) is 0 Å². The SMILES string of the molecule is CCn1ccnc1CC(CC(C)C(C)(C)C)NC. The monoisotopic (exact) mass is 251 g/mol. The van der Waals surface area contributed by atoms with Crippen LogP contribution in [0.15, 0.2) is 12.4 Å². The summed E-state index contributed by atoms with van der Waals surface area (Å²) in [6.45, 7) is 12.5. The highest BCUT2D eigenvalue weighted by atomic mass is 15.1. The molecule has 1 N–H and O–H groups in total. The van der Waals surface area contributed by atoms with Gasteiger partial charge >= 0.3 is 0 Å². The van der Waals surface area contributed by atoms with Gasteiger partial charge in [-0.25, -0.2) is 4.98 Å². The summed E-state index contributed by atoms with van der Waals surface area (Å²) < 4.78 is 2.23. The van der Waals surface area contributed by atoms with Crippen molar-refractivity contribution in [3.63, 3.8) is 0 Å². The number of aromatic nitrogens is 2. The number of hydrogen-bond donors (Lipinski definition) is 1. The Balaban J connectivity index is 2.63. The van der Waals surface area contributed by atoms with E-state index in [0.29, 0.717) is 17.4 Å². The van der Waals surface area contributed by atoms with Gasteiger partial charge in [-0.3, -0.25) is 0 Å². The molecule has 2 atom stereocenters. The van der Waals surface area contributed by atoms with E-state index in [9.17, 15) is 0 Å². The van der Waals surface area contributed by atoms with Gasteiger partial charge in [-0.05, 0) is 31.7 Å². The molecular weight excluding hydrogens is 222 g/mol. The van der Waals surface area contributed by atoms with Crippen molar-refractivity contribution in [1.29, 1.82) is 0 Å². The lowest BCUT2D eigenvalue weighted by Gasteiger charge is -2.30. The van der Waals surface area contributed by atoms with Crippen LogP contribution in [-0.2, 0) is 13.0 Å². The van der Waals surface area contributed by atoms with Crippen LogP contribution in [0.25, 0.3) is 0 Å². The smallest absolute Gasteiger partial charge is 0.110 e. The molecule has 18 heavy (non-hydrogen) atoms. The topological polar surface area (TPSA) is 29.9 Å². The Kier molecular flexibility index (Phi) is 5.39. The molecule has 1 heterocycles. The molecule has 0 saturated heterocycles. The van der Waals surface area contributed by atoms with Crippen molar-refractivity contribution < 1.29 is 0 Å². The Bertz CT molecular complexity index is 349. The van der Waals surface area contributed by atoms with Crippen LogP contribution in [0.2, 0.25) is 0 Å². The lowest BCUT2D eigenvalue weighted by Crippen LogP contribution is -2.33. The van der Waals surface area contributed by atoms with Gasteiger partial charge in [0.2, 0.25) is 0 Å². The van der Waals surface area contributed by atoms with E-state index in [0.717, 1.165) is 13.0 Å². The molecule has 0 fully saturated rings. The number of aryl methyl sites for hydroxylation is 1. The van der Waals surface area contributed by atoms with Gasteiger partial charge < -0.3 is 9.88 Å². The van der Waals surface area contributed by atoms with Crippen molar-refractivity contribution in [2.75, 3.05) is 7.05 Å². The van der Waals surface area contributed by atoms with Crippen molar-refractivity contribution in [2.45, 2.75) is 60.0 Å². The first kappa shape index (κ1) is 15.2. The Labute approximate surface area is 112 Å². The number of nitrogens with zero attached hydrogens (tertiary/aromatic N) is 2. The first-order valence-corrected chi connectivity index (χ1v) is 7.05. The highest BCUT2D eigenvalue weighted by molar-refractivity contribution is 4.96. The molecule has 1 aromatic rings. The summed E-state index contributed by atoms with van der Waals surface area (Å²) in [5, 5.41) is 3.44. The van der Waals surface area contributed by atoms with E-state index in [1.54, 1.807) is 0 Å². The summed E-state index contributed by atoms with van der Waals surface area (Å²) in [4.78, 5) is 4.47. The van der Waals surface area contributed by atoms with Crippen molar-refractivity contribution in [1.82, 2.24) is 14.9 Å². The predicted molar refractivity (Wildman–Crippen MR) is 77.7 cm³/mol. The fourth-order valence-corrected chi connectivity index (χ4v) is 2.12. The lowest BCUT2D eigenvalue weighted by molar-refractivity contribution is 0.224. The van der Waals surface area contributed by atoms with Gasteiger partial charge in [-0.1, -0.05) is 27.7 Å². The van der Waals surface area contributed by atoms with Crippen molar-refractivity contribution in [3.8, 4) is 0 Å². The standard InChI is InChI=1S/C15H29N3/c1-7-18-9-8-17-14(18)11-13(16-6)10-12(2)15(3,4)5/h8-9,12-13,16H,7,10-11H2,1-6H3. The van der Waals surface area contributed by atoms with Crippen LogP contribution in [0.1, 0.15) is 46.9 Å². The fourth-order valence-electron chi connectivity index (χ4n) is 2.12. The van der Waals surface area contributed by atoms with Crippen LogP contribution < -0.4 is 5.32 Å². The molecule has 0 aliphatic rings. The third-order valence-corrected chi connectivity index (χ3v) is 4.10. The maximum Gasteiger partial charge on any atom is 0.110 e. The van der Waals surface area contributed by atoms with E-state index in [1.165, 1.54) is 12.2 Å². The van der Waals surface area contributed by atoms with Crippen LogP contribution in [0, 0.1) is 11.3 Å². The largest absolute Gasteiger partial charge is 0.335 e. The van der Waals surface area contributed by atoms with Gasteiger partial charge in [0.25, 0.3) is 0 Å². The molecule has 0 amide bonds. The number of likely N-dealkylation sites (N-methyl/N-ethyl adjacent to an activating group) is 1. The molecular formula is C15H29N3. The third kappa shape index (κ3) is 4.13. The zero-order valence-corrected chi connectivity index (χ0v) is 12.8. The highest BCUT2D eigenvalue weighted by Gasteiger charge is 2.23. The normalized spacial score (nSPS) is 15.7. The van der Waals surface area contributed by atoms with E-state index in [-0.39, 0.29) is 0 Å². The molecule has 0 aliphatic carbocycles. The number of hydrogen-bond acceptors (Lipinski definition) is 2. The maximum absolute atomic E-state index is 4.47. The van der Waals surface area contributed by atoms with Gasteiger partial charge in [-0.15, -0.1) is 0 Å². The van der Waals surface area contributed by atoms with Crippen LogP contribution in [0.4, 0.5) is 0 Å². The molecule has 1 aromatic heterocycles. The molecule has 1 rings (SSSR count). The number of nitrogens with one attached hydrogen (secondary N) is 1. The van der Waals surface area contributed by atoms with E-state index in [4.69, 9.17) is 0 Å². The average Bonchev–Trinajstić information content (AvgIpc) is 2.73. The Morgan fingerprint density at radius 2 is 2.06 bits per heavy atom. The maximum atomic E-state index is 4.47. The van der Waals surface area contributed by atoms with E-state index >= 15 is 0 Å². The Hall–Kier alpha value is -0.830. The van der Waals surface area contributed by atoms with Crippen LogP contribution >= 0.6 is 0 Å². The highest BCUT2D eigenvalue weighted by Crippen LogP contribution is 2.29. The second kappa shape index (κ2) is 6.37. The first-order chi connectivity index (χ1) is 8.38. The summed E-state index contributed by atoms with van der Waals surface area (Å²) >= 11 is 0. The summed E-state index contributed by atoms with van der Waals surface area (Å²) in [7, 11) is 2.05. The van der Waals surface area contributed by atoms with E-state index in [1.807, 2.05) is 6.20 Å². The predicted octanol–water partition coefficient (Wildman–Crippen LogP) is 3.11. The minimum Gasteiger partial charge on any atom is -0.335 e. The zero-order valence-electron chi connectivity index (χ0n) is 12.8. The molecule has 0 aliphatic heterocycles. The minimum absolute atomic E-state index is 0.370. The van der Waals surface area contributed by atoms with Gasteiger partial charge in [-0.2, -0.15) is 0 Å². The van der Waals surface area contributed by atoms with Gasteiger partial charge in [0, 0.05) is 31.4 Å². The second-order valence-electron chi connectivity index (χ2n) is 6.32. The quantitative estimate of drug-likeness (QED) is 0.842. The number of rotatable bonds is 6. The summed E-state index contributed by atoms with van der Waals surface area (Å²) in [6.07, 6.45) is 6.17. The molecule has 0 aromatic carbocycles. The average molecular weight is 251 g/mol. The van der Waals surface area contributed by atoms with Crippen LogP contribution in [-0.4, -0.2) is 22.6 Å². The first-order valence-electron chi connectivity index (χ1n) is 7.05. The van der Waals surface area contributed by atoms with Gasteiger partial charge in [0.1, 0.15) is 5.82 Å². The molecule has 3 nitrogen and oxygen atoms in total. The summed E-state index contributed by atoms with van der Waals surface area (Å²) in [5.41, 5.74) is 0.370. The zero-order chi connectivity index (χ0) is 13.8. The van der Waals surface area contributed by atoms with Gasteiger partial charge in [0.15, 0.2) is 0 Å². The van der Waals surface area contributed by atoms with Crippen molar-refractivity contribution in [2.24, 2.45) is 11.3 Å². The van der Waals surface area contributed by atoms with Crippen molar-refractivity contribution in [3.05, 3.63) is 18.2 Å². The van der Waals surface area contributed by atoms with Crippen molar-refractivity contribution >= 4 is 0 Å². The third-order valence-electron chi connectivity index (χ3n) is 4.10. The molecule has 3 heteroatoms. The molecule has 0 radical (unpaired) electrons. The Morgan fingerprint density at radius 1 is 1.39 bits per heavy atom. The summed E-state index contributed by atoms with van der Waals surface area (Å²) in [5.74, 6) is 1.89. The number of imidazole rings is 1. The molecule has 0 bridgehead atoms. The molecule has 0 spiro atoms. The fraction of sp³-hybridized carbons (Fsp3) is 0.800.